The maximum absolute atomic E-state index is 12.6. The molecule has 0 unspecified atom stereocenters. The molecule has 1 aliphatic heterocycles. The second-order valence-electron chi connectivity index (χ2n) is 6.62. The molecular formula is C19H24N4O2S. The number of hydrogen-bond acceptors (Lipinski definition) is 5. The number of nitrogens with zero attached hydrogens (tertiary/aromatic N) is 3. The van der Waals surface area contributed by atoms with Crippen LogP contribution in [0.15, 0.2) is 24.3 Å². The van der Waals surface area contributed by atoms with Crippen molar-refractivity contribution in [2.45, 2.75) is 46.0 Å². The van der Waals surface area contributed by atoms with E-state index in [9.17, 15) is 9.59 Å². The lowest BCUT2D eigenvalue weighted by molar-refractivity contribution is -0.122. The van der Waals surface area contributed by atoms with E-state index in [1.54, 1.807) is 4.90 Å². The molecule has 6 nitrogen and oxygen atoms in total. The van der Waals surface area contributed by atoms with Gasteiger partial charge in [-0.15, -0.1) is 10.2 Å². The number of hydrogen-bond donors (Lipinski definition) is 1. The molecule has 0 saturated carbocycles. The summed E-state index contributed by atoms with van der Waals surface area (Å²) >= 11 is 1.37. The summed E-state index contributed by atoms with van der Waals surface area (Å²) in [6.07, 6.45) is 2.01. The summed E-state index contributed by atoms with van der Waals surface area (Å²) in [5.74, 6) is -0.185. The van der Waals surface area contributed by atoms with Crippen molar-refractivity contribution in [1.29, 1.82) is 0 Å². The Labute approximate surface area is 157 Å². The summed E-state index contributed by atoms with van der Waals surface area (Å²) < 4.78 is 0. The lowest BCUT2D eigenvalue weighted by Gasteiger charge is -2.23. The zero-order valence-electron chi connectivity index (χ0n) is 15.4. The minimum Gasteiger partial charge on any atom is -0.311 e. The Bertz CT molecular complexity index is 804. The Morgan fingerprint density at radius 3 is 2.81 bits per heavy atom. The van der Waals surface area contributed by atoms with Gasteiger partial charge in [-0.25, -0.2) is 0 Å². The van der Waals surface area contributed by atoms with Crippen molar-refractivity contribution >= 4 is 34.0 Å². The van der Waals surface area contributed by atoms with Crippen LogP contribution in [0.4, 0.5) is 10.8 Å². The van der Waals surface area contributed by atoms with Gasteiger partial charge in [0, 0.05) is 18.7 Å². The lowest BCUT2D eigenvalue weighted by Crippen LogP contribution is -2.29. The molecular weight excluding hydrogens is 348 g/mol. The van der Waals surface area contributed by atoms with E-state index in [4.69, 9.17) is 0 Å². The second-order valence-corrected chi connectivity index (χ2v) is 7.68. The molecule has 1 N–H and O–H groups in total. The van der Waals surface area contributed by atoms with E-state index >= 15 is 0 Å². The first-order chi connectivity index (χ1) is 12.5. The molecule has 1 aromatic heterocycles. The van der Waals surface area contributed by atoms with Crippen LogP contribution in [0.2, 0.25) is 0 Å². The van der Waals surface area contributed by atoms with Gasteiger partial charge in [-0.3, -0.25) is 9.59 Å². The average Bonchev–Trinajstić information content (AvgIpc) is 3.27. The van der Waals surface area contributed by atoms with Crippen LogP contribution in [0.1, 0.15) is 50.1 Å². The molecule has 2 aromatic rings. The molecule has 0 aliphatic carbocycles. The third-order valence-corrected chi connectivity index (χ3v) is 5.85. The van der Waals surface area contributed by atoms with Crippen molar-refractivity contribution in [2.24, 2.45) is 5.92 Å². The molecule has 0 radical (unpaired) electrons. The quantitative estimate of drug-likeness (QED) is 0.840. The summed E-state index contributed by atoms with van der Waals surface area (Å²) in [4.78, 5) is 26.9. The Hall–Kier alpha value is -2.28. The van der Waals surface area contributed by atoms with Gasteiger partial charge < -0.3 is 10.2 Å². The fraction of sp³-hybridized carbons (Fsp3) is 0.474. The topological polar surface area (TPSA) is 75.2 Å². The summed E-state index contributed by atoms with van der Waals surface area (Å²) in [7, 11) is 0. The minimum absolute atomic E-state index is 0.00702. The van der Waals surface area contributed by atoms with E-state index < -0.39 is 0 Å². The van der Waals surface area contributed by atoms with E-state index in [2.05, 4.69) is 35.4 Å². The fourth-order valence-corrected chi connectivity index (χ4v) is 3.82. The Morgan fingerprint density at radius 1 is 1.35 bits per heavy atom. The average molecular weight is 372 g/mol. The second kappa shape index (κ2) is 7.95. The van der Waals surface area contributed by atoms with Gasteiger partial charge in [0.1, 0.15) is 5.01 Å². The standard InChI is InChI=1S/C19H24N4O2S/c1-4-12(3)14-8-6-7-9-15(14)23-11-13(10-17(23)24)18(25)20-19-22-21-16(5-2)26-19/h6-9,12-13H,4-5,10-11H2,1-3H3,(H,20,22,25)/t12-,13+/m1/s1. The van der Waals surface area contributed by atoms with Crippen LogP contribution in [0, 0.1) is 5.92 Å². The predicted octanol–water partition coefficient (Wildman–Crippen LogP) is 3.61. The SMILES string of the molecule is CCc1nnc(NC(=O)[C@H]2CC(=O)N(c3ccccc3[C@H](C)CC)C2)s1. The molecule has 0 bridgehead atoms. The first-order valence-electron chi connectivity index (χ1n) is 9.06. The van der Waals surface area contributed by atoms with Crippen molar-refractivity contribution in [2.75, 3.05) is 16.8 Å². The number of nitrogens with one attached hydrogen (secondary N) is 1. The van der Waals surface area contributed by atoms with Crippen LogP contribution >= 0.6 is 11.3 Å². The molecule has 1 saturated heterocycles. The Balaban J connectivity index is 1.73. The van der Waals surface area contributed by atoms with Gasteiger partial charge in [0.25, 0.3) is 0 Å². The zero-order valence-corrected chi connectivity index (χ0v) is 16.2. The molecule has 138 valence electrons. The van der Waals surface area contributed by atoms with E-state index in [1.165, 1.54) is 11.3 Å². The molecule has 2 amide bonds. The molecule has 1 aliphatic rings. The summed E-state index contributed by atoms with van der Waals surface area (Å²) in [6.45, 7) is 6.69. The highest BCUT2D eigenvalue weighted by Gasteiger charge is 2.36. The van der Waals surface area contributed by atoms with Crippen molar-refractivity contribution in [3.63, 3.8) is 0 Å². The smallest absolute Gasteiger partial charge is 0.231 e. The molecule has 26 heavy (non-hydrogen) atoms. The van der Waals surface area contributed by atoms with Gasteiger partial charge in [0.05, 0.1) is 5.92 Å². The van der Waals surface area contributed by atoms with Gasteiger partial charge in [-0.2, -0.15) is 0 Å². The number of rotatable bonds is 6. The first kappa shape index (κ1) is 18.5. The predicted molar refractivity (Wildman–Crippen MR) is 104 cm³/mol. The van der Waals surface area contributed by atoms with Crippen LogP contribution in [0.25, 0.3) is 0 Å². The highest BCUT2D eigenvalue weighted by atomic mass is 32.1. The van der Waals surface area contributed by atoms with Crippen molar-refractivity contribution in [3.05, 3.63) is 34.8 Å². The van der Waals surface area contributed by atoms with Gasteiger partial charge in [0.15, 0.2) is 0 Å². The zero-order chi connectivity index (χ0) is 18.7. The number of carbonyl (C=O) groups is 2. The van der Waals surface area contributed by atoms with E-state index in [0.717, 1.165) is 29.1 Å². The van der Waals surface area contributed by atoms with Crippen LogP contribution in [-0.4, -0.2) is 28.6 Å². The lowest BCUT2D eigenvalue weighted by atomic mass is 9.96. The van der Waals surface area contributed by atoms with Gasteiger partial charge in [0.2, 0.25) is 16.9 Å². The van der Waals surface area contributed by atoms with Gasteiger partial charge in [-0.1, -0.05) is 50.3 Å². The van der Waals surface area contributed by atoms with E-state index in [1.807, 2.05) is 25.1 Å². The highest BCUT2D eigenvalue weighted by molar-refractivity contribution is 7.15. The van der Waals surface area contributed by atoms with Crippen LogP contribution in [-0.2, 0) is 16.0 Å². The molecule has 1 aromatic carbocycles. The highest BCUT2D eigenvalue weighted by Crippen LogP contribution is 2.33. The van der Waals surface area contributed by atoms with Crippen molar-refractivity contribution < 1.29 is 9.59 Å². The number of benzene rings is 1. The molecule has 2 heterocycles. The minimum atomic E-state index is -0.374. The Kier molecular flexibility index (Phi) is 5.66. The Morgan fingerprint density at radius 2 is 2.12 bits per heavy atom. The van der Waals surface area contributed by atoms with E-state index in [0.29, 0.717) is 17.6 Å². The fourth-order valence-electron chi connectivity index (χ4n) is 3.14. The number of carbonyl (C=O) groups excluding carboxylic acids is 2. The largest absolute Gasteiger partial charge is 0.311 e. The van der Waals surface area contributed by atoms with Gasteiger partial charge >= 0.3 is 0 Å². The number of anilines is 2. The number of aromatic nitrogens is 2. The molecule has 3 rings (SSSR count). The van der Waals surface area contributed by atoms with Crippen LogP contribution in [0.5, 0.6) is 0 Å². The molecule has 0 spiro atoms. The summed E-state index contributed by atoms with van der Waals surface area (Å²) in [6, 6.07) is 7.97. The molecule has 1 fully saturated rings. The van der Waals surface area contributed by atoms with E-state index in [-0.39, 0.29) is 24.2 Å². The normalized spacial score (nSPS) is 18.2. The summed E-state index contributed by atoms with van der Waals surface area (Å²) in [5.41, 5.74) is 2.08. The number of amides is 2. The van der Waals surface area contributed by atoms with Crippen molar-refractivity contribution in [1.82, 2.24) is 10.2 Å². The summed E-state index contributed by atoms with van der Waals surface area (Å²) in [5, 5.41) is 12.2. The number of aryl methyl sites for hydroxylation is 1. The van der Waals surface area contributed by atoms with Crippen LogP contribution < -0.4 is 10.2 Å². The maximum Gasteiger partial charge on any atom is 0.231 e. The molecule has 7 heteroatoms. The van der Waals surface area contributed by atoms with Crippen molar-refractivity contribution in [3.8, 4) is 0 Å². The first-order valence-corrected chi connectivity index (χ1v) is 9.87. The van der Waals surface area contributed by atoms with Crippen LogP contribution in [0.3, 0.4) is 0 Å². The monoisotopic (exact) mass is 372 g/mol. The van der Waals surface area contributed by atoms with Gasteiger partial charge in [-0.05, 0) is 30.4 Å². The third-order valence-electron chi connectivity index (χ3n) is 4.87. The number of para-hydroxylation sites is 1. The maximum atomic E-state index is 12.6. The third kappa shape index (κ3) is 3.77. The molecule has 2 atom stereocenters.